The molecule has 1 amide bonds. The highest BCUT2D eigenvalue weighted by Crippen LogP contribution is 2.32. The van der Waals surface area contributed by atoms with Crippen molar-refractivity contribution in [3.8, 4) is 23.3 Å². The quantitative estimate of drug-likeness (QED) is 0.221. The van der Waals surface area contributed by atoms with Crippen molar-refractivity contribution in [2.24, 2.45) is 0 Å². The molecule has 8 nitrogen and oxygen atoms in total. The van der Waals surface area contributed by atoms with Gasteiger partial charge < -0.3 is 19.5 Å². The lowest BCUT2D eigenvalue weighted by Gasteiger charge is -2.17. The summed E-state index contributed by atoms with van der Waals surface area (Å²) in [7, 11) is 1.57. The first kappa shape index (κ1) is 27.3. The van der Waals surface area contributed by atoms with Gasteiger partial charge in [-0.05, 0) is 62.1 Å². The summed E-state index contributed by atoms with van der Waals surface area (Å²) in [5.74, 6) is 6.66. The summed E-state index contributed by atoms with van der Waals surface area (Å²) in [6.07, 6.45) is 13.0. The van der Waals surface area contributed by atoms with Crippen LogP contribution < -0.4 is 10.1 Å². The minimum atomic E-state index is -0.515. The van der Waals surface area contributed by atoms with E-state index in [1.54, 1.807) is 25.1 Å². The molecule has 9 heteroatoms. The van der Waals surface area contributed by atoms with Crippen molar-refractivity contribution in [2.75, 3.05) is 26.9 Å². The summed E-state index contributed by atoms with van der Waals surface area (Å²) in [6.45, 7) is 3.16. The van der Waals surface area contributed by atoms with Crippen molar-refractivity contribution in [1.82, 2.24) is 19.9 Å². The maximum Gasteiger partial charge on any atom is 0.408 e. The third-order valence-corrected chi connectivity index (χ3v) is 7.03. The number of hydrogen-bond acceptors (Lipinski definition) is 7. The maximum atomic E-state index is 11.6. The molecule has 1 N–H and O–H groups in total. The molecular weight excluding hydrogens is 500 g/mol. The molecule has 2 heterocycles. The predicted molar refractivity (Wildman–Crippen MR) is 148 cm³/mol. The van der Waals surface area contributed by atoms with Gasteiger partial charge in [-0.1, -0.05) is 35.8 Å². The summed E-state index contributed by atoms with van der Waals surface area (Å²) in [4.78, 5) is 20.6. The number of alkyl carbamates (subject to hydrolysis) is 1. The van der Waals surface area contributed by atoms with Crippen LogP contribution in [0.15, 0.2) is 66.2 Å². The minimum absolute atomic E-state index is 0.00579. The number of methoxy groups -OCH3 is 1. The molecule has 1 aliphatic carbocycles. The highest BCUT2D eigenvalue weighted by molar-refractivity contribution is 7.99. The highest BCUT2D eigenvalue weighted by atomic mass is 32.2. The van der Waals surface area contributed by atoms with E-state index in [2.05, 4.69) is 38.9 Å². The predicted octanol–water partition coefficient (Wildman–Crippen LogP) is 5.08. The summed E-state index contributed by atoms with van der Waals surface area (Å²) >= 11 is 1.77. The number of carbonyl (C=O) groups excluding carboxylic acids is 1. The van der Waals surface area contributed by atoms with Gasteiger partial charge in [0.1, 0.15) is 12.4 Å². The van der Waals surface area contributed by atoms with Gasteiger partial charge >= 0.3 is 6.09 Å². The van der Waals surface area contributed by atoms with Crippen molar-refractivity contribution < 1.29 is 19.0 Å². The zero-order chi connectivity index (χ0) is 26.6. The molecule has 198 valence electrons. The van der Waals surface area contributed by atoms with Gasteiger partial charge in [-0.25, -0.2) is 9.78 Å². The average Bonchev–Trinajstić information content (AvgIpc) is 3.34. The van der Waals surface area contributed by atoms with Crippen molar-refractivity contribution in [3.63, 3.8) is 0 Å². The first-order chi connectivity index (χ1) is 18.6. The third-order valence-electron chi connectivity index (χ3n) is 5.83. The van der Waals surface area contributed by atoms with E-state index in [0.29, 0.717) is 25.0 Å². The Morgan fingerprint density at radius 1 is 1.29 bits per heavy atom. The fourth-order valence-electron chi connectivity index (χ4n) is 3.89. The van der Waals surface area contributed by atoms with Crippen LogP contribution in [0.25, 0.3) is 5.69 Å². The van der Waals surface area contributed by atoms with Crippen molar-refractivity contribution in [3.05, 3.63) is 77.9 Å². The highest BCUT2D eigenvalue weighted by Gasteiger charge is 2.18. The monoisotopic (exact) mass is 532 g/mol. The minimum Gasteiger partial charge on any atom is -0.487 e. The van der Waals surface area contributed by atoms with Gasteiger partial charge in [-0.3, -0.25) is 9.55 Å². The Morgan fingerprint density at radius 3 is 2.97 bits per heavy atom. The van der Waals surface area contributed by atoms with Crippen LogP contribution >= 0.6 is 11.8 Å². The molecule has 4 rings (SSSR count). The molecule has 0 saturated carbocycles. The molecule has 0 saturated heterocycles. The summed E-state index contributed by atoms with van der Waals surface area (Å²) < 4.78 is 18.2. The Hall–Kier alpha value is -3.74. The molecule has 38 heavy (non-hydrogen) atoms. The molecule has 0 bridgehead atoms. The second-order valence-corrected chi connectivity index (χ2v) is 9.86. The molecule has 1 aliphatic rings. The molecule has 1 unspecified atom stereocenters. The molecule has 0 aliphatic heterocycles. The zero-order valence-electron chi connectivity index (χ0n) is 21.7. The van der Waals surface area contributed by atoms with Gasteiger partial charge in [0, 0.05) is 30.7 Å². The van der Waals surface area contributed by atoms with Crippen LogP contribution in [0.1, 0.15) is 36.1 Å². The van der Waals surface area contributed by atoms with E-state index in [-0.39, 0.29) is 6.61 Å². The Morgan fingerprint density at radius 2 is 2.21 bits per heavy atom. The molecular formula is C29H32N4O4S. The van der Waals surface area contributed by atoms with Crippen LogP contribution in [0.4, 0.5) is 4.79 Å². The van der Waals surface area contributed by atoms with E-state index < -0.39 is 6.09 Å². The molecule has 0 radical (unpaired) electrons. The van der Waals surface area contributed by atoms with E-state index in [9.17, 15) is 4.79 Å². The van der Waals surface area contributed by atoms with Crippen molar-refractivity contribution in [2.45, 2.75) is 43.2 Å². The number of carbonyl (C=O) groups is 1. The van der Waals surface area contributed by atoms with Crippen LogP contribution in [-0.2, 0) is 16.1 Å². The largest absolute Gasteiger partial charge is 0.487 e. The zero-order valence-corrected chi connectivity index (χ0v) is 22.5. The second-order valence-electron chi connectivity index (χ2n) is 8.66. The Balaban J connectivity index is 1.39. The lowest BCUT2D eigenvalue weighted by atomic mass is 10.1. The van der Waals surface area contributed by atoms with E-state index >= 15 is 0 Å². The summed E-state index contributed by atoms with van der Waals surface area (Å²) in [5, 5.41) is 3.93. The number of imidazole rings is 1. The van der Waals surface area contributed by atoms with Crippen LogP contribution in [0, 0.1) is 18.8 Å². The van der Waals surface area contributed by atoms with E-state index in [1.807, 2.05) is 49.6 Å². The molecule has 2 aromatic heterocycles. The Kier molecular flexibility index (Phi) is 10.2. The number of ether oxygens (including phenoxy) is 3. The van der Waals surface area contributed by atoms with Crippen molar-refractivity contribution >= 4 is 17.9 Å². The Labute approximate surface area is 227 Å². The lowest BCUT2D eigenvalue weighted by molar-refractivity contribution is 0.151. The average molecular weight is 533 g/mol. The number of nitrogens with one attached hydrogen (secondary N) is 1. The number of benzene rings is 1. The van der Waals surface area contributed by atoms with Crippen LogP contribution in [0.2, 0.25) is 0 Å². The van der Waals surface area contributed by atoms with Gasteiger partial charge in [-0.15, -0.1) is 0 Å². The molecule has 1 atom stereocenters. The molecule has 0 spiro atoms. The topological polar surface area (TPSA) is 87.5 Å². The number of pyridine rings is 1. The lowest BCUT2D eigenvalue weighted by Crippen LogP contribution is -2.27. The molecule has 1 aromatic carbocycles. The van der Waals surface area contributed by atoms with E-state index in [4.69, 9.17) is 19.2 Å². The first-order valence-electron chi connectivity index (χ1n) is 12.6. The third kappa shape index (κ3) is 7.88. The van der Waals surface area contributed by atoms with Gasteiger partial charge in [0.25, 0.3) is 0 Å². The van der Waals surface area contributed by atoms with Crippen molar-refractivity contribution in [1.29, 1.82) is 0 Å². The SMILES string of the molecule is COCCNC(=O)OCC#Cc1ccc(OCc2cnc(SC3C=CCCC3)n2-c2cccnc2)cc1C. The fraction of sp³-hybridized carbons (Fsp3) is 0.345. The first-order valence-corrected chi connectivity index (χ1v) is 13.4. The number of rotatable bonds is 10. The fourth-order valence-corrected chi connectivity index (χ4v) is 5.08. The number of aryl methyl sites for hydroxylation is 1. The molecule has 3 aromatic rings. The summed E-state index contributed by atoms with van der Waals surface area (Å²) in [5.41, 5.74) is 3.73. The van der Waals surface area contributed by atoms with Crippen LogP contribution in [0.3, 0.4) is 0 Å². The van der Waals surface area contributed by atoms with E-state index in [1.165, 1.54) is 6.42 Å². The van der Waals surface area contributed by atoms with Crippen LogP contribution in [0.5, 0.6) is 5.75 Å². The number of amides is 1. The number of thioether (sulfide) groups is 1. The molecule has 0 fully saturated rings. The van der Waals surface area contributed by atoms with Gasteiger partial charge in [0.05, 0.1) is 30.4 Å². The van der Waals surface area contributed by atoms with Gasteiger partial charge in [-0.2, -0.15) is 0 Å². The van der Waals surface area contributed by atoms with Gasteiger partial charge in [0.2, 0.25) is 0 Å². The Bertz CT molecular complexity index is 1300. The van der Waals surface area contributed by atoms with Crippen LogP contribution in [-0.4, -0.2) is 52.7 Å². The standard InChI is InChI=1S/C29H32N4O4S/c1-22-18-26(13-12-23(22)8-7-16-36-29(34)31-15-17-35-2)37-21-25-20-32-28(38-27-10-4-3-5-11-27)33(25)24-9-6-14-30-19-24/h4,6,9-10,12-14,18-20,27H,3,5,11,15-17,21H2,1-2H3,(H,31,34). The number of allylic oxidation sites excluding steroid dienone is 1. The smallest absolute Gasteiger partial charge is 0.408 e. The second kappa shape index (κ2) is 14.3. The van der Waals surface area contributed by atoms with Gasteiger partial charge in [0.15, 0.2) is 11.8 Å². The number of nitrogens with zero attached hydrogens (tertiary/aromatic N) is 3. The summed E-state index contributed by atoms with van der Waals surface area (Å²) in [6, 6.07) is 9.71. The number of hydrogen-bond donors (Lipinski definition) is 1. The number of aromatic nitrogens is 3. The maximum absolute atomic E-state index is 11.6. The van der Waals surface area contributed by atoms with E-state index in [0.717, 1.165) is 46.3 Å². The normalized spacial score (nSPS) is 14.4.